The summed E-state index contributed by atoms with van der Waals surface area (Å²) < 4.78 is 0. The number of aromatic nitrogens is 3. The Morgan fingerprint density at radius 3 is 2.50 bits per heavy atom. The molecule has 4 nitrogen and oxygen atoms in total. The van der Waals surface area contributed by atoms with Crippen LogP contribution in [0.5, 0.6) is 0 Å². The topological polar surface area (TPSA) is 58.6 Å². The molecule has 2 aromatic heterocycles. The maximum Gasteiger partial charge on any atom is 0.248 e. The summed E-state index contributed by atoms with van der Waals surface area (Å²) >= 11 is 0. The van der Waals surface area contributed by atoms with E-state index in [0.29, 0.717) is 11.7 Å². The molecular weight excluding hydrogens is 202 g/mol. The number of H-pyrrole nitrogens is 1. The highest BCUT2D eigenvalue weighted by molar-refractivity contribution is 5.53. The first-order valence-corrected chi connectivity index (χ1v) is 5.18. The largest absolute Gasteiger partial charge is 0.329 e. The molecule has 4 heteroatoms. The maximum atomic E-state index is 11.1. The lowest BCUT2D eigenvalue weighted by molar-refractivity contribution is 0.847. The summed E-state index contributed by atoms with van der Waals surface area (Å²) in [7, 11) is 0. The summed E-state index contributed by atoms with van der Waals surface area (Å²) in [6.45, 7) is 4.18. The van der Waals surface area contributed by atoms with Crippen LogP contribution in [-0.4, -0.2) is 15.0 Å². The fraction of sp³-hybridized carbons (Fsp3) is 0.250. The van der Waals surface area contributed by atoms with Crippen LogP contribution in [0.1, 0.15) is 25.3 Å². The molecule has 2 aromatic rings. The molecule has 0 aliphatic carbocycles. The van der Waals surface area contributed by atoms with Gasteiger partial charge >= 0.3 is 0 Å². The molecule has 0 amide bonds. The molecule has 0 aromatic carbocycles. The highest BCUT2D eigenvalue weighted by atomic mass is 16.1. The van der Waals surface area contributed by atoms with Crippen LogP contribution in [0.4, 0.5) is 0 Å². The van der Waals surface area contributed by atoms with E-state index in [1.807, 2.05) is 0 Å². The molecule has 0 saturated carbocycles. The van der Waals surface area contributed by atoms with Crippen molar-refractivity contribution in [3.05, 3.63) is 46.6 Å². The van der Waals surface area contributed by atoms with E-state index in [2.05, 4.69) is 28.8 Å². The lowest BCUT2D eigenvalue weighted by Gasteiger charge is -2.04. The van der Waals surface area contributed by atoms with Crippen LogP contribution in [-0.2, 0) is 0 Å². The quantitative estimate of drug-likeness (QED) is 0.833. The van der Waals surface area contributed by atoms with Crippen LogP contribution in [0, 0.1) is 0 Å². The fourth-order valence-corrected chi connectivity index (χ4v) is 1.37. The Balaban J connectivity index is 2.38. The number of aromatic amines is 1. The highest BCUT2D eigenvalue weighted by Gasteiger charge is 2.03. The van der Waals surface area contributed by atoms with Gasteiger partial charge in [-0.1, -0.05) is 13.8 Å². The van der Waals surface area contributed by atoms with Crippen LogP contribution >= 0.6 is 0 Å². The van der Waals surface area contributed by atoms with E-state index >= 15 is 0 Å². The molecule has 0 saturated heterocycles. The Labute approximate surface area is 93.4 Å². The minimum Gasteiger partial charge on any atom is -0.329 e. The zero-order valence-electron chi connectivity index (χ0n) is 9.27. The van der Waals surface area contributed by atoms with Gasteiger partial charge < -0.3 is 4.98 Å². The molecule has 2 heterocycles. The van der Waals surface area contributed by atoms with Crippen molar-refractivity contribution in [3.63, 3.8) is 0 Å². The number of hydrogen-bond donors (Lipinski definition) is 1. The van der Waals surface area contributed by atoms with Gasteiger partial charge in [0.05, 0.1) is 0 Å². The molecule has 2 rings (SSSR count). The second-order valence-electron chi connectivity index (χ2n) is 3.94. The first kappa shape index (κ1) is 10.5. The lowest BCUT2D eigenvalue weighted by Crippen LogP contribution is -2.03. The minimum atomic E-state index is -0.144. The molecule has 0 unspecified atom stereocenters. The maximum absolute atomic E-state index is 11.1. The van der Waals surface area contributed by atoms with E-state index < -0.39 is 0 Å². The first-order chi connectivity index (χ1) is 7.66. The molecule has 0 spiro atoms. The zero-order valence-corrected chi connectivity index (χ0v) is 9.27. The molecule has 0 atom stereocenters. The fourth-order valence-electron chi connectivity index (χ4n) is 1.37. The number of nitrogens with zero attached hydrogens (tertiary/aromatic N) is 2. The van der Waals surface area contributed by atoms with Gasteiger partial charge in [0, 0.05) is 30.2 Å². The van der Waals surface area contributed by atoms with E-state index in [0.717, 1.165) is 11.1 Å². The minimum absolute atomic E-state index is 0.144. The second kappa shape index (κ2) is 4.26. The van der Waals surface area contributed by atoms with Crippen molar-refractivity contribution in [1.29, 1.82) is 0 Å². The standard InChI is InChI=1S/C12H13N3O/c1-8(2)10-6-14-12(15-7-10)9-3-4-13-11(16)5-9/h3-8H,1-2H3,(H,13,16). The third-order valence-corrected chi connectivity index (χ3v) is 2.37. The Bertz CT molecular complexity index is 528. The average molecular weight is 215 g/mol. The molecule has 0 bridgehead atoms. The first-order valence-electron chi connectivity index (χ1n) is 5.18. The van der Waals surface area contributed by atoms with Gasteiger partial charge in [-0.2, -0.15) is 0 Å². The smallest absolute Gasteiger partial charge is 0.248 e. The predicted molar refractivity (Wildman–Crippen MR) is 62.2 cm³/mol. The number of pyridine rings is 1. The number of nitrogens with one attached hydrogen (secondary N) is 1. The van der Waals surface area contributed by atoms with Gasteiger partial charge in [0.2, 0.25) is 5.56 Å². The van der Waals surface area contributed by atoms with Gasteiger partial charge in [0.25, 0.3) is 0 Å². The summed E-state index contributed by atoms with van der Waals surface area (Å²) in [6, 6.07) is 3.27. The van der Waals surface area contributed by atoms with Crippen LogP contribution in [0.2, 0.25) is 0 Å². The molecule has 0 fully saturated rings. The molecular formula is C12H13N3O. The van der Waals surface area contributed by atoms with Crippen LogP contribution in [0.3, 0.4) is 0 Å². The van der Waals surface area contributed by atoms with E-state index in [-0.39, 0.29) is 5.56 Å². The van der Waals surface area contributed by atoms with Crippen molar-refractivity contribution in [1.82, 2.24) is 15.0 Å². The normalized spacial score (nSPS) is 10.7. The summed E-state index contributed by atoms with van der Waals surface area (Å²) in [5.41, 5.74) is 1.68. The van der Waals surface area contributed by atoms with Gasteiger partial charge in [-0.3, -0.25) is 4.79 Å². The van der Waals surface area contributed by atoms with Crippen molar-refractivity contribution >= 4 is 0 Å². The Morgan fingerprint density at radius 1 is 1.25 bits per heavy atom. The highest BCUT2D eigenvalue weighted by Crippen LogP contribution is 2.15. The van der Waals surface area contributed by atoms with E-state index in [1.54, 1.807) is 24.7 Å². The average Bonchev–Trinajstić information content (AvgIpc) is 2.29. The summed E-state index contributed by atoms with van der Waals surface area (Å²) in [5.74, 6) is 0.990. The summed E-state index contributed by atoms with van der Waals surface area (Å²) in [5, 5.41) is 0. The molecule has 0 radical (unpaired) electrons. The lowest BCUT2D eigenvalue weighted by atomic mass is 10.1. The zero-order chi connectivity index (χ0) is 11.5. The van der Waals surface area contributed by atoms with E-state index in [9.17, 15) is 4.79 Å². The third kappa shape index (κ3) is 2.16. The van der Waals surface area contributed by atoms with Crippen molar-refractivity contribution < 1.29 is 0 Å². The Hall–Kier alpha value is -1.97. The monoisotopic (exact) mass is 215 g/mol. The van der Waals surface area contributed by atoms with Gasteiger partial charge in [-0.15, -0.1) is 0 Å². The van der Waals surface area contributed by atoms with Crippen LogP contribution in [0.15, 0.2) is 35.5 Å². The number of rotatable bonds is 2. The van der Waals surface area contributed by atoms with E-state index in [1.165, 1.54) is 6.07 Å². The van der Waals surface area contributed by atoms with Crippen molar-refractivity contribution in [2.45, 2.75) is 19.8 Å². The van der Waals surface area contributed by atoms with Gasteiger partial charge in [0.1, 0.15) is 0 Å². The van der Waals surface area contributed by atoms with Crippen LogP contribution in [0.25, 0.3) is 11.4 Å². The summed E-state index contributed by atoms with van der Waals surface area (Å²) in [4.78, 5) is 22.2. The van der Waals surface area contributed by atoms with Crippen molar-refractivity contribution in [3.8, 4) is 11.4 Å². The molecule has 82 valence electrons. The van der Waals surface area contributed by atoms with Gasteiger partial charge in [-0.05, 0) is 17.5 Å². The third-order valence-electron chi connectivity index (χ3n) is 2.37. The molecule has 16 heavy (non-hydrogen) atoms. The summed E-state index contributed by atoms with van der Waals surface area (Å²) in [6.07, 6.45) is 5.19. The van der Waals surface area contributed by atoms with Crippen molar-refractivity contribution in [2.24, 2.45) is 0 Å². The molecule has 0 aliphatic heterocycles. The SMILES string of the molecule is CC(C)c1cnc(-c2cc[nH]c(=O)c2)nc1. The predicted octanol–water partition coefficient (Wildman–Crippen LogP) is 1.96. The van der Waals surface area contributed by atoms with Crippen LogP contribution < -0.4 is 5.56 Å². The Morgan fingerprint density at radius 2 is 1.94 bits per heavy atom. The second-order valence-corrected chi connectivity index (χ2v) is 3.94. The van der Waals surface area contributed by atoms with E-state index in [4.69, 9.17) is 0 Å². The van der Waals surface area contributed by atoms with Gasteiger partial charge in [0.15, 0.2) is 5.82 Å². The van der Waals surface area contributed by atoms with Gasteiger partial charge in [-0.25, -0.2) is 9.97 Å². The number of hydrogen-bond acceptors (Lipinski definition) is 3. The molecule has 1 N–H and O–H groups in total. The molecule has 0 aliphatic rings. The Kier molecular flexibility index (Phi) is 2.81. The van der Waals surface area contributed by atoms with Crippen molar-refractivity contribution in [2.75, 3.05) is 0 Å².